The Kier molecular flexibility index (Phi) is 7.78. The minimum absolute atomic E-state index is 0.277. The Bertz CT molecular complexity index is 1010. The molecule has 9 heteroatoms. The molecule has 30 heavy (non-hydrogen) atoms. The summed E-state index contributed by atoms with van der Waals surface area (Å²) in [4.78, 5) is 11.9. The largest absolute Gasteiger partial charge is 0.497 e. The predicted octanol–water partition coefficient (Wildman–Crippen LogP) is 2.08. The first-order valence-corrected chi connectivity index (χ1v) is 11.2. The number of H-pyrrole nitrogens is 1. The van der Waals surface area contributed by atoms with Crippen molar-refractivity contribution < 1.29 is 13.7 Å². The molecule has 3 heterocycles. The highest BCUT2D eigenvalue weighted by Crippen LogP contribution is 2.26. The van der Waals surface area contributed by atoms with Gasteiger partial charge in [-0.3, -0.25) is 9.19 Å². The van der Waals surface area contributed by atoms with Crippen molar-refractivity contribution in [3.8, 4) is 11.5 Å². The maximum absolute atomic E-state index is 12.7. The average Bonchev–Trinajstić information content (AvgIpc) is 3.21. The highest BCUT2D eigenvalue weighted by Gasteiger charge is 2.16. The number of pyridine rings is 1. The number of benzene rings is 1. The van der Waals surface area contributed by atoms with Crippen LogP contribution in [0.1, 0.15) is 16.8 Å². The monoisotopic (exact) mass is 431 g/mol. The van der Waals surface area contributed by atoms with Crippen LogP contribution in [0.15, 0.2) is 29.6 Å². The van der Waals surface area contributed by atoms with Gasteiger partial charge >= 0.3 is 0 Å². The van der Waals surface area contributed by atoms with Gasteiger partial charge in [-0.15, -0.1) is 0 Å². The molecule has 1 saturated heterocycles. The van der Waals surface area contributed by atoms with Gasteiger partial charge in [-0.05, 0) is 26.0 Å². The SMILES string of the molecule is C1CNCCN1.COc1ccc2nc([S@@](=O)Cc3ncc(C)c(OC)c3C)[nH]c2c1. The van der Waals surface area contributed by atoms with Crippen LogP contribution in [0.5, 0.6) is 11.5 Å². The summed E-state index contributed by atoms with van der Waals surface area (Å²) < 4.78 is 23.3. The molecule has 3 N–H and O–H groups in total. The molecular formula is C21H29N5O3S. The zero-order chi connectivity index (χ0) is 21.5. The quantitative estimate of drug-likeness (QED) is 0.569. The summed E-state index contributed by atoms with van der Waals surface area (Å²) in [5.41, 5.74) is 4.16. The first-order chi connectivity index (χ1) is 14.5. The number of aromatic amines is 1. The van der Waals surface area contributed by atoms with Crippen molar-refractivity contribution in [1.29, 1.82) is 0 Å². The molecule has 0 spiro atoms. The van der Waals surface area contributed by atoms with Crippen molar-refractivity contribution in [2.45, 2.75) is 24.8 Å². The maximum Gasteiger partial charge on any atom is 0.197 e. The fraction of sp³-hybridized carbons (Fsp3) is 0.429. The topological polar surface area (TPSA) is 101 Å². The summed E-state index contributed by atoms with van der Waals surface area (Å²) in [6.07, 6.45) is 1.74. The van der Waals surface area contributed by atoms with Crippen molar-refractivity contribution in [1.82, 2.24) is 25.6 Å². The molecule has 4 rings (SSSR count). The van der Waals surface area contributed by atoms with Gasteiger partial charge in [0.25, 0.3) is 0 Å². The molecule has 0 amide bonds. The molecular weight excluding hydrogens is 402 g/mol. The Balaban J connectivity index is 0.000000367. The van der Waals surface area contributed by atoms with Crippen LogP contribution in [-0.4, -0.2) is 59.6 Å². The lowest BCUT2D eigenvalue weighted by Gasteiger charge is -2.11. The van der Waals surface area contributed by atoms with Crippen LogP contribution in [0.4, 0.5) is 0 Å². The predicted molar refractivity (Wildman–Crippen MR) is 119 cm³/mol. The second kappa shape index (κ2) is 10.5. The number of methoxy groups -OCH3 is 2. The first-order valence-electron chi connectivity index (χ1n) is 9.86. The van der Waals surface area contributed by atoms with Crippen LogP contribution in [0.2, 0.25) is 0 Å². The number of hydrogen-bond acceptors (Lipinski definition) is 7. The minimum atomic E-state index is -1.33. The Morgan fingerprint density at radius 2 is 1.77 bits per heavy atom. The first kappa shape index (κ1) is 22.2. The zero-order valence-electron chi connectivity index (χ0n) is 17.9. The lowest BCUT2D eigenvalue weighted by atomic mass is 10.1. The summed E-state index contributed by atoms with van der Waals surface area (Å²) in [5, 5.41) is 6.87. The normalized spacial score (nSPS) is 14.7. The lowest BCUT2D eigenvalue weighted by molar-refractivity contribution is 0.407. The number of ether oxygens (including phenoxy) is 2. The zero-order valence-corrected chi connectivity index (χ0v) is 18.7. The van der Waals surface area contributed by atoms with E-state index in [2.05, 4.69) is 25.6 Å². The Morgan fingerprint density at radius 3 is 2.37 bits per heavy atom. The Labute approximate surface area is 179 Å². The van der Waals surface area contributed by atoms with E-state index < -0.39 is 10.8 Å². The van der Waals surface area contributed by atoms with E-state index in [0.717, 1.165) is 65.5 Å². The van der Waals surface area contributed by atoms with Crippen LogP contribution in [0, 0.1) is 13.8 Å². The molecule has 8 nitrogen and oxygen atoms in total. The van der Waals surface area contributed by atoms with Crippen molar-refractivity contribution in [2.75, 3.05) is 40.4 Å². The number of imidazole rings is 1. The number of piperazine rings is 1. The average molecular weight is 432 g/mol. The standard InChI is InChI=1S/C17H19N3O3S.C4H10N2/c1-10-8-18-15(11(2)16(10)23-4)9-24(21)17-19-13-6-5-12(22-3)7-14(13)20-17;1-2-6-4-3-5-1/h5-8H,9H2,1-4H3,(H,19,20);5-6H,1-4H2/t24-;/m0./s1. The van der Waals surface area contributed by atoms with Gasteiger partial charge in [-0.2, -0.15) is 0 Å². The van der Waals surface area contributed by atoms with Gasteiger partial charge in [0.2, 0.25) is 0 Å². The molecule has 0 radical (unpaired) electrons. The Hall–Kier alpha value is -2.49. The second-order valence-corrected chi connectivity index (χ2v) is 8.33. The van der Waals surface area contributed by atoms with Gasteiger partial charge in [-0.1, -0.05) is 0 Å². The minimum Gasteiger partial charge on any atom is -0.497 e. The number of aryl methyl sites for hydroxylation is 1. The van der Waals surface area contributed by atoms with Gasteiger partial charge < -0.3 is 25.1 Å². The van der Waals surface area contributed by atoms with E-state index in [9.17, 15) is 4.21 Å². The third kappa shape index (κ3) is 5.35. The lowest BCUT2D eigenvalue weighted by Crippen LogP contribution is -2.39. The van der Waals surface area contributed by atoms with E-state index in [0.29, 0.717) is 5.16 Å². The molecule has 0 aliphatic carbocycles. The van der Waals surface area contributed by atoms with Gasteiger partial charge in [-0.25, -0.2) is 4.98 Å². The number of rotatable bonds is 5. The van der Waals surface area contributed by atoms with Crippen LogP contribution in [-0.2, 0) is 16.6 Å². The second-order valence-electron chi connectivity index (χ2n) is 6.96. The fourth-order valence-electron chi connectivity index (χ4n) is 3.21. The van der Waals surface area contributed by atoms with Gasteiger partial charge in [0.1, 0.15) is 11.5 Å². The summed E-state index contributed by atoms with van der Waals surface area (Å²) in [7, 11) is 1.91. The third-order valence-electron chi connectivity index (χ3n) is 4.86. The maximum atomic E-state index is 12.7. The smallest absolute Gasteiger partial charge is 0.197 e. The van der Waals surface area contributed by atoms with E-state index >= 15 is 0 Å². The van der Waals surface area contributed by atoms with Crippen LogP contribution in [0.25, 0.3) is 11.0 Å². The molecule has 3 aromatic rings. The van der Waals surface area contributed by atoms with Crippen LogP contribution >= 0.6 is 0 Å². The molecule has 1 aliphatic heterocycles. The van der Waals surface area contributed by atoms with Crippen LogP contribution < -0.4 is 20.1 Å². The summed E-state index contributed by atoms with van der Waals surface area (Å²) >= 11 is 0. The molecule has 1 aromatic carbocycles. The van der Waals surface area contributed by atoms with E-state index in [1.165, 1.54) is 0 Å². The molecule has 162 valence electrons. The van der Waals surface area contributed by atoms with Crippen LogP contribution in [0.3, 0.4) is 0 Å². The van der Waals surface area contributed by atoms with E-state index in [4.69, 9.17) is 9.47 Å². The molecule has 0 saturated carbocycles. The number of aromatic nitrogens is 3. The highest BCUT2D eigenvalue weighted by atomic mass is 32.2. The van der Waals surface area contributed by atoms with E-state index in [1.807, 2.05) is 32.0 Å². The molecule has 0 bridgehead atoms. The highest BCUT2D eigenvalue weighted by molar-refractivity contribution is 7.84. The van der Waals surface area contributed by atoms with Crippen molar-refractivity contribution in [3.63, 3.8) is 0 Å². The fourth-order valence-corrected chi connectivity index (χ4v) is 4.31. The van der Waals surface area contributed by atoms with Crippen molar-refractivity contribution in [3.05, 3.63) is 41.2 Å². The summed E-state index contributed by atoms with van der Waals surface area (Å²) in [6.45, 7) is 8.42. The molecule has 0 unspecified atom stereocenters. The number of nitrogens with zero attached hydrogens (tertiary/aromatic N) is 2. The molecule has 1 fully saturated rings. The van der Waals surface area contributed by atoms with Crippen molar-refractivity contribution in [2.24, 2.45) is 0 Å². The number of nitrogens with one attached hydrogen (secondary N) is 3. The molecule has 2 aromatic heterocycles. The summed E-state index contributed by atoms with van der Waals surface area (Å²) in [6, 6.07) is 5.50. The molecule has 1 aliphatic rings. The third-order valence-corrected chi connectivity index (χ3v) is 6.02. The van der Waals surface area contributed by atoms with E-state index in [1.54, 1.807) is 20.4 Å². The Morgan fingerprint density at radius 1 is 1.07 bits per heavy atom. The number of hydrogen-bond donors (Lipinski definition) is 3. The van der Waals surface area contributed by atoms with Gasteiger partial charge in [0.05, 0.1) is 47.5 Å². The summed E-state index contributed by atoms with van der Waals surface area (Å²) in [5.74, 6) is 1.79. The van der Waals surface area contributed by atoms with Gasteiger partial charge in [0, 0.05) is 49.6 Å². The van der Waals surface area contributed by atoms with Crippen molar-refractivity contribution >= 4 is 21.8 Å². The van der Waals surface area contributed by atoms with Gasteiger partial charge in [0.15, 0.2) is 5.16 Å². The number of fused-ring (bicyclic) bond motifs is 1. The molecule has 1 atom stereocenters. The van der Waals surface area contributed by atoms with E-state index in [-0.39, 0.29) is 5.75 Å².